The lowest BCUT2D eigenvalue weighted by Gasteiger charge is -2.18. The summed E-state index contributed by atoms with van der Waals surface area (Å²) in [6.45, 7) is 7.84. The molecule has 0 amide bonds. The van der Waals surface area contributed by atoms with Crippen LogP contribution in [0, 0.1) is 12.7 Å². The van der Waals surface area contributed by atoms with Crippen LogP contribution in [0.15, 0.2) is 12.1 Å². The molecule has 4 heteroatoms. The molecule has 0 saturated heterocycles. The zero-order valence-electron chi connectivity index (χ0n) is 11.6. The fourth-order valence-electron chi connectivity index (χ4n) is 2.12. The summed E-state index contributed by atoms with van der Waals surface area (Å²) >= 11 is 6.09. The third-order valence-corrected chi connectivity index (χ3v) is 3.39. The summed E-state index contributed by atoms with van der Waals surface area (Å²) in [4.78, 5) is 4.53. The second-order valence-corrected chi connectivity index (χ2v) is 5.17. The lowest BCUT2D eigenvalue weighted by molar-refractivity contribution is 0.243. The minimum absolute atomic E-state index is 0.00617. The molecular formula is C15H17ClFNO. The van der Waals surface area contributed by atoms with Gasteiger partial charge in [0, 0.05) is 11.3 Å². The Bertz CT molecular complexity index is 625. The average Bonchev–Trinajstić information content (AvgIpc) is 2.36. The lowest BCUT2D eigenvalue weighted by atomic mass is 10.1. The number of ether oxygens (including phenoxy) is 1. The van der Waals surface area contributed by atoms with Gasteiger partial charge in [-0.1, -0.05) is 18.5 Å². The molecule has 0 atom stereocenters. The minimum atomic E-state index is -0.451. The van der Waals surface area contributed by atoms with E-state index in [1.807, 2.05) is 27.7 Å². The van der Waals surface area contributed by atoms with Crippen molar-refractivity contribution in [2.75, 3.05) is 0 Å². The van der Waals surface area contributed by atoms with Crippen LogP contribution in [0.25, 0.3) is 10.9 Å². The molecule has 0 N–H and O–H groups in total. The summed E-state index contributed by atoms with van der Waals surface area (Å²) < 4.78 is 19.5. The summed E-state index contributed by atoms with van der Waals surface area (Å²) in [6, 6.07) is 2.98. The maximum absolute atomic E-state index is 13.7. The van der Waals surface area contributed by atoms with Crippen molar-refractivity contribution in [3.8, 4) is 5.75 Å². The molecule has 2 aromatic rings. The van der Waals surface area contributed by atoms with Crippen molar-refractivity contribution >= 4 is 22.5 Å². The molecule has 0 aliphatic carbocycles. The molecule has 102 valence electrons. The van der Waals surface area contributed by atoms with Gasteiger partial charge in [-0.3, -0.25) is 4.98 Å². The molecule has 1 aromatic heterocycles. The number of pyridine rings is 1. The Morgan fingerprint density at radius 2 is 2.05 bits per heavy atom. The summed E-state index contributed by atoms with van der Waals surface area (Å²) in [5.41, 5.74) is 2.55. The first-order valence-electron chi connectivity index (χ1n) is 6.39. The molecule has 0 fully saturated rings. The van der Waals surface area contributed by atoms with E-state index in [4.69, 9.17) is 16.3 Å². The van der Waals surface area contributed by atoms with Gasteiger partial charge in [-0.15, -0.1) is 0 Å². The van der Waals surface area contributed by atoms with Gasteiger partial charge >= 0.3 is 0 Å². The van der Waals surface area contributed by atoms with E-state index in [-0.39, 0.29) is 11.1 Å². The molecule has 1 aromatic carbocycles. The van der Waals surface area contributed by atoms with E-state index in [1.54, 1.807) is 6.07 Å². The molecule has 0 bridgehead atoms. The first-order chi connectivity index (χ1) is 8.95. The molecule has 0 saturated carbocycles. The van der Waals surface area contributed by atoms with Gasteiger partial charge in [0.05, 0.1) is 22.0 Å². The van der Waals surface area contributed by atoms with E-state index in [9.17, 15) is 4.39 Å². The molecule has 0 radical (unpaired) electrons. The van der Waals surface area contributed by atoms with Crippen LogP contribution in [0.4, 0.5) is 4.39 Å². The van der Waals surface area contributed by atoms with Crippen molar-refractivity contribution in [2.45, 2.75) is 40.2 Å². The quantitative estimate of drug-likeness (QED) is 0.814. The molecule has 0 aliphatic rings. The number of hydrogen-bond donors (Lipinski definition) is 0. The van der Waals surface area contributed by atoms with Gasteiger partial charge in [0.2, 0.25) is 0 Å². The Balaban J connectivity index is 2.85. The fourth-order valence-corrected chi connectivity index (χ4v) is 2.37. The highest BCUT2D eigenvalue weighted by molar-refractivity contribution is 6.36. The summed E-state index contributed by atoms with van der Waals surface area (Å²) in [7, 11) is 0. The fraction of sp³-hybridized carbons (Fsp3) is 0.400. The molecule has 19 heavy (non-hydrogen) atoms. The Hall–Kier alpha value is -1.35. The van der Waals surface area contributed by atoms with Crippen LogP contribution in [-0.2, 0) is 6.42 Å². The molecular weight excluding hydrogens is 265 g/mol. The number of aryl methyl sites for hydroxylation is 1. The summed E-state index contributed by atoms with van der Waals surface area (Å²) in [5, 5.41) is 0.636. The number of aromatic nitrogens is 1. The van der Waals surface area contributed by atoms with E-state index in [0.717, 1.165) is 17.7 Å². The topological polar surface area (TPSA) is 22.1 Å². The van der Waals surface area contributed by atoms with Gasteiger partial charge in [-0.05, 0) is 39.3 Å². The third-order valence-electron chi connectivity index (χ3n) is 3.02. The van der Waals surface area contributed by atoms with Crippen molar-refractivity contribution in [3.63, 3.8) is 0 Å². The van der Waals surface area contributed by atoms with Crippen LogP contribution in [0.2, 0.25) is 5.02 Å². The van der Waals surface area contributed by atoms with Crippen LogP contribution >= 0.6 is 11.6 Å². The Morgan fingerprint density at radius 3 is 2.63 bits per heavy atom. The molecule has 0 aliphatic heterocycles. The molecule has 2 rings (SSSR count). The van der Waals surface area contributed by atoms with Gasteiger partial charge in [-0.25, -0.2) is 4.39 Å². The normalized spacial score (nSPS) is 11.3. The first kappa shape index (κ1) is 14.1. The predicted octanol–water partition coefficient (Wildman–Crippen LogP) is 4.69. The molecule has 0 unspecified atom stereocenters. The van der Waals surface area contributed by atoms with Gasteiger partial charge in [0.1, 0.15) is 11.6 Å². The molecule has 2 nitrogen and oxygen atoms in total. The van der Waals surface area contributed by atoms with E-state index in [2.05, 4.69) is 4.98 Å². The highest BCUT2D eigenvalue weighted by atomic mass is 35.5. The van der Waals surface area contributed by atoms with Crippen molar-refractivity contribution in [3.05, 3.63) is 34.2 Å². The Kier molecular flexibility index (Phi) is 3.95. The lowest BCUT2D eigenvalue weighted by Crippen LogP contribution is -2.09. The van der Waals surface area contributed by atoms with Gasteiger partial charge in [-0.2, -0.15) is 0 Å². The zero-order chi connectivity index (χ0) is 14.2. The van der Waals surface area contributed by atoms with E-state index >= 15 is 0 Å². The van der Waals surface area contributed by atoms with Crippen LogP contribution in [0.1, 0.15) is 32.0 Å². The maximum Gasteiger partial charge on any atom is 0.142 e. The largest absolute Gasteiger partial charge is 0.490 e. The van der Waals surface area contributed by atoms with Gasteiger partial charge < -0.3 is 4.74 Å². The smallest absolute Gasteiger partial charge is 0.142 e. The summed E-state index contributed by atoms with van der Waals surface area (Å²) in [5.74, 6) is 0.189. The minimum Gasteiger partial charge on any atom is -0.490 e. The Labute approximate surface area is 117 Å². The van der Waals surface area contributed by atoms with Gasteiger partial charge in [0.15, 0.2) is 0 Å². The standard InChI is InChI=1S/C15H17ClFNO/c1-5-11-9(4)15(19-8(2)3)13-12(18-11)7-6-10(17)14(13)16/h6-8H,5H2,1-4H3. The van der Waals surface area contributed by atoms with Crippen LogP contribution < -0.4 is 4.74 Å². The SMILES string of the molecule is CCc1nc2ccc(F)c(Cl)c2c(OC(C)C)c1C. The van der Waals surface area contributed by atoms with E-state index < -0.39 is 5.82 Å². The number of hydrogen-bond acceptors (Lipinski definition) is 2. The third kappa shape index (κ3) is 2.52. The predicted molar refractivity (Wildman–Crippen MR) is 76.6 cm³/mol. The first-order valence-corrected chi connectivity index (χ1v) is 6.77. The number of benzene rings is 1. The van der Waals surface area contributed by atoms with Crippen molar-refractivity contribution < 1.29 is 9.13 Å². The number of nitrogens with zero attached hydrogens (tertiary/aromatic N) is 1. The van der Waals surface area contributed by atoms with Gasteiger partial charge in [0.25, 0.3) is 0 Å². The van der Waals surface area contributed by atoms with E-state index in [0.29, 0.717) is 16.7 Å². The van der Waals surface area contributed by atoms with Crippen LogP contribution in [0.5, 0.6) is 5.75 Å². The number of fused-ring (bicyclic) bond motifs is 1. The average molecular weight is 282 g/mol. The molecule has 0 spiro atoms. The second-order valence-electron chi connectivity index (χ2n) is 4.79. The maximum atomic E-state index is 13.7. The zero-order valence-corrected chi connectivity index (χ0v) is 12.3. The van der Waals surface area contributed by atoms with Crippen molar-refractivity contribution in [1.29, 1.82) is 0 Å². The second kappa shape index (κ2) is 5.33. The van der Waals surface area contributed by atoms with Crippen molar-refractivity contribution in [2.24, 2.45) is 0 Å². The summed E-state index contributed by atoms with van der Waals surface area (Å²) in [6.07, 6.45) is 0.791. The Morgan fingerprint density at radius 1 is 1.37 bits per heavy atom. The highest BCUT2D eigenvalue weighted by Crippen LogP contribution is 2.37. The monoisotopic (exact) mass is 281 g/mol. The molecule has 1 heterocycles. The number of rotatable bonds is 3. The van der Waals surface area contributed by atoms with E-state index in [1.165, 1.54) is 6.07 Å². The number of halogens is 2. The van der Waals surface area contributed by atoms with Crippen LogP contribution in [-0.4, -0.2) is 11.1 Å². The van der Waals surface area contributed by atoms with Crippen molar-refractivity contribution in [1.82, 2.24) is 4.98 Å². The highest BCUT2D eigenvalue weighted by Gasteiger charge is 2.17. The van der Waals surface area contributed by atoms with Crippen LogP contribution in [0.3, 0.4) is 0 Å².